The van der Waals surface area contributed by atoms with Gasteiger partial charge in [-0.25, -0.2) is 0 Å². The van der Waals surface area contributed by atoms with Gasteiger partial charge in [0.15, 0.2) is 6.10 Å². The molecule has 1 unspecified atom stereocenters. The van der Waals surface area contributed by atoms with Crippen molar-refractivity contribution in [3.63, 3.8) is 0 Å². The highest BCUT2D eigenvalue weighted by Crippen LogP contribution is 2.19. The van der Waals surface area contributed by atoms with Crippen LogP contribution in [-0.4, -0.2) is 31.0 Å². The fraction of sp³-hybridized carbons (Fsp3) is 0.500. The number of carbonyl (C=O) groups is 1. The van der Waals surface area contributed by atoms with Crippen molar-refractivity contribution in [2.75, 3.05) is 14.1 Å². The van der Waals surface area contributed by atoms with Crippen LogP contribution in [0, 0.1) is 0 Å². The predicted molar refractivity (Wildman–Crippen MR) is 69.3 cm³/mol. The average Bonchev–Trinajstić information content (AvgIpc) is 2.28. The predicted octanol–water partition coefficient (Wildman–Crippen LogP) is 2.67. The van der Waals surface area contributed by atoms with Gasteiger partial charge in [-0.15, -0.1) is 0 Å². The van der Waals surface area contributed by atoms with Gasteiger partial charge < -0.3 is 9.64 Å². The molecule has 1 amide bonds. The molecule has 0 saturated carbocycles. The first kappa shape index (κ1) is 13.6. The van der Waals surface area contributed by atoms with Crippen LogP contribution in [0.3, 0.4) is 0 Å². The van der Waals surface area contributed by atoms with Gasteiger partial charge in [-0.1, -0.05) is 26.0 Å². The lowest BCUT2D eigenvalue weighted by Gasteiger charge is -2.18. The van der Waals surface area contributed by atoms with Crippen molar-refractivity contribution in [2.24, 2.45) is 0 Å². The van der Waals surface area contributed by atoms with Crippen LogP contribution >= 0.6 is 0 Å². The minimum atomic E-state index is -0.449. The summed E-state index contributed by atoms with van der Waals surface area (Å²) in [5.41, 5.74) is 1.27. The minimum Gasteiger partial charge on any atom is -0.481 e. The van der Waals surface area contributed by atoms with Gasteiger partial charge in [0.05, 0.1) is 0 Å². The SMILES string of the molecule is CC(Oc1ccc(C(C)C)cc1)C(=O)N(C)C. The normalized spacial score (nSPS) is 12.4. The number of rotatable bonds is 4. The van der Waals surface area contributed by atoms with Gasteiger partial charge in [0.2, 0.25) is 0 Å². The summed E-state index contributed by atoms with van der Waals surface area (Å²) in [5, 5.41) is 0. The molecule has 0 N–H and O–H groups in total. The fourth-order valence-electron chi connectivity index (χ4n) is 1.55. The Morgan fingerprint density at radius 2 is 1.65 bits per heavy atom. The Hall–Kier alpha value is -1.51. The molecule has 1 aromatic carbocycles. The molecule has 1 rings (SSSR count). The summed E-state index contributed by atoms with van der Waals surface area (Å²) in [4.78, 5) is 13.2. The van der Waals surface area contributed by atoms with Crippen molar-refractivity contribution in [2.45, 2.75) is 32.8 Å². The molecule has 0 radical (unpaired) electrons. The second-order valence-electron chi connectivity index (χ2n) is 4.72. The van der Waals surface area contributed by atoms with Crippen LogP contribution in [-0.2, 0) is 4.79 Å². The van der Waals surface area contributed by atoms with Gasteiger partial charge in [0.1, 0.15) is 5.75 Å². The molecule has 0 aliphatic rings. The van der Waals surface area contributed by atoms with E-state index in [4.69, 9.17) is 4.74 Å². The Morgan fingerprint density at radius 1 is 1.12 bits per heavy atom. The van der Waals surface area contributed by atoms with Crippen LogP contribution < -0.4 is 4.74 Å². The quantitative estimate of drug-likeness (QED) is 0.803. The Morgan fingerprint density at radius 3 is 2.06 bits per heavy atom. The Balaban J connectivity index is 2.66. The molecule has 0 fully saturated rings. The molecule has 0 heterocycles. The zero-order valence-corrected chi connectivity index (χ0v) is 11.2. The topological polar surface area (TPSA) is 29.5 Å². The van der Waals surface area contributed by atoms with Crippen LogP contribution in [0.2, 0.25) is 0 Å². The van der Waals surface area contributed by atoms with E-state index in [0.717, 1.165) is 5.75 Å². The van der Waals surface area contributed by atoms with Crippen molar-refractivity contribution in [3.05, 3.63) is 29.8 Å². The molecule has 3 heteroatoms. The molecule has 94 valence electrons. The van der Waals surface area contributed by atoms with Crippen LogP contribution in [0.1, 0.15) is 32.3 Å². The molecule has 0 aliphatic carbocycles. The summed E-state index contributed by atoms with van der Waals surface area (Å²) in [6.45, 7) is 6.06. The largest absolute Gasteiger partial charge is 0.481 e. The number of benzene rings is 1. The highest BCUT2D eigenvalue weighted by Gasteiger charge is 2.16. The van der Waals surface area contributed by atoms with E-state index in [2.05, 4.69) is 13.8 Å². The van der Waals surface area contributed by atoms with E-state index < -0.39 is 6.10 Å². The average molecular weight is 235 g/mol. The summed E-state index contributed by atoms with van der Waals surface area (Å²) >= 11 is 0. The Bertz CT molecular complexity index is 368. The highest BCUT2D eigenvalue weighted by molar-refractivity contribution is 5.80. The van der Waals surface area contributed by atoms with E-state index in [1.807, 2.05) is 24.3 Å². The maximum atomic E-state index is 11.6. The fourth-order valence-corrected chi connectivity index (χ4v) is 1.55. The monoisotopic (exact) mass is 235 g/mol. The Labute approximate surface area is 103 Å². The standard InChI is InChI=1S/C14H21NO2/c1-10(2)12-6-8-13(9-7-12)17-11(3)14(16)15(4)5/h6-11H,1-5H3. The lowest BCUT2D eigenvalue weighted by atomic mass is 10.0. The third kappa shape index (κ3) is 3.77. The lowest BCUT2D eigenvalue weighted by Crippen LogP contribution is -2.35. The van der Waals surface area contributed by atoms with Gasteiger partial charge in [-0.05, 0) is 30.5 Å². The van der Waals surface area contributed by atoms with Crippen molar-refractivity contribution >= 4 is 5.91 Å². The number of ether oxygens (including phenoxy) is 1. The molecule has 0 aliphatic heterocycles. The molecule has 0 aromatic heterocycles. The van der Waals surface area contributed by atoms with E-state index in [1.54, 1.807) is 21.0 Å². The van der Waals surface area contributed by atoms with Gasteiger partial charge >= 0.3 is 0 Å². The first-order chi connectivity index (χ1) is 7.91. The number of hydrogen-bond donors (Lipinski definition) is 0. The van der Waals surface area contributed by atoms with Crippen molar-refractivity contribution in [3.8, 4) is 5.75 Å². The molecule has 3 nitrogen and oxygen atoms in total. The van der Waals surface area contributed by atoms with Crippen LogP contribution in [0.5, 0.6) is 5.75 Å². The second-order valence-corrected chi connectivity index (χ2v) is 4.72. The summed E-state index contributed by atoms with van der Waals surface area (Å²) in [7, 11) is 3.45. The summed E-state index contributed by atoms with van der Waals surface area (Å²) < 4.78 is 5.58. The molecule has 0 spiro atoms. The van der Waals surface area contributed by atoms with Crippen molar-refractivity contribution in [1.29, 1.82) is 0 Å². The van der Waals surface area contributed by atoms with E-state index in [9.17, 15) is 4.79 Å². The van der Waals surface area contributed by atoms with Crippen molar-refractivity contribution in [1.82, 2.24) is 4.90 Å². The number of amides is 1. The zero-order chi connectivity index (χ0) is 13.0. The zero-order valence-electron chi connectivity index (χ0n) is 11.2. The van der Waals surface area contributed by atoms with Gasteiger partial charge in [-0.3, -0.25) is 4.79 Å². The molecule has 0 saturated heterocycles. The third-order valence-corrected chi connectivity index (χ3v) is 2.65. The minimum absolute atomic E-state index is 0.0297. The van der Waals surface area contributed by atoms with Crippen LogP contribution in [0.4, 0.5) is 0 Å². The summed E-state index contributed by atoms with van der Waals surface area (Å²) in [5.74, 6) is 1.21. The number of likely N-dealkylation sites (N-methyl/N-ethyl adjacent to an activating group) is 1. The first-order valence-electron chi connectivity index (χ1n) is 5.89. The van der Waals surface area contributed by atoms with Gasteiger partial charge in [0, 0.05) is 14.1 Å². The Kier molecular flexibility index (Phi) is 4.55. The van der Waals surface area contributed by atoms with E-state index in [0.29, 0.717) is 5.92 Å². The molecule has 0 bridgehead atoms. The van der Waals surface area contributed by atoms with E-state index >= 15 is 0 Å². The van der Waals surface area contributed by atoms with Crippen LogP contribution in [0.25, 0.3) is 0 Å². The van der Waals surface area contributed by atoms with Gasteiger partial charge in [-0.2, -0.15) is 0 Å². The number of carbonyl (C=O) groups excluding carboxylic acids is 1. The molecule has 1 atom stereocenters. The molecule has 1 aromatic rings. The number of hydrogen-bond acceptors (Lipinski definition) is 2. The molecule has 17 heavy (non-hydrogen) atoms. The van der Waals surface area contributed by atoms with E-state index in [-0.39, 0.29) is 5.91 Å². The summed E-state index contributed by atoms with van der Waals surface area (Å²) in [6, 6.07) is 7.89. The third-order valence-electron chi connectivity index (χ3n) is 2.65. The van der Waals surface area contributed by atoms with Crippen LogP contribution in [0.15, 0.2) is 24.3 Å². The molecular formula is C14H21NO2. The van der Waals surface area contributed by atoms with Gasteiger partial charge in [0.25, 0.3) is 5.91 Å². The smallest absolute Gasteiger partial charge is 0.262 e. The van der Waals surface area contributed by atoms with Crippen molar-refractivity contribution < 1.29 is 9.53 Å². The summed E-state index contributed by atoms with van der Waals surface area (Å²) in [6.07, 6.45) is -0.449. The maximum absolute atomic E-state index is 11.6. The molecular weight excluding hydrogens is 214 g/mol. The lowest BCUT2D eigenvalue weighted by molar-refractivity contribution is -0.135. The second kappa shape index (κ2) is 5.71. The first-order valence-corrected chi connectivity index (χ1v) is 5.89. The maximum Gasteiger partial charge on any atom is 0.262 e. The van der Waals surface area contributed by atoms with E-state index in [1.165, 1.54) is 10.5 Å². The number of nitrogens with zero attached hydrogens (tertiary/aromatic N) is 1. The highest BCUT2D eigenvalue weighted by atomic mass is 16.5.